The molecule has 1 aromatic rings. The molecule has 0 atom stereocenters. The van der Waals surface area contributed by atoms with Crippen LogP contribution in [0.25, 0.3) is 0 Å². The van der Waals surface area contributed by atoms with Crippen molar-refractivity contribution in [2.45, 2.75) is 36.9 Å². The Kier molecular flexibility index (Phi) is 4.36. The maximum absolute atomic E-state index is 11.9. The lowest BCUT2D eigenvalue weighted by Gasteiger charge is -2.07. The van der Waals surface area contributed by atoms with Crippen LogP contribution < -0.4 is 0 Å². The standard InChI is InChI=1S/C9H12ClF2N3O3S/c10-19(16,17)9-14-13-8(15(9)6-1-2-6)3-4-18-5-7(11)12/h6-7H,1-5H2. The van der Waals surface area contributed by atoms with Crippen LogP contribution in [-0.2, 0) is 20.2 Å². The van der Waals surface area contributed by atoms with E-state index < -0.39 is 22.1 Å². The Morgan fingerprint density at radius 3 is 2.63 bits per heavy atom. The van der Waals surface area contributed by atoms with Crippen LogP contribution in [0.3, 0.4) is 0 Å². The fourth-order valence-corrected chi connectivity index (χ4v) is 2.62. The Morgan fingerprint density at radius 1 is 1.42 bits per heavy atom. The molecular formula is C9H12ClF2N3O3S. The van der Waals surface area contributed by atoms with Gasteiger partial charge in [0.1, 0.15) is 12.4 Å². The van der Waals surface area contributed by atoms with E-state index in [0.717, 1.165) is 12.8 Å². The molecule has 0 amide bonds. The van der Waals surface area contributed by atoms with Crippen LogP contribution in [0.1, 0.15) is 24.7 Å². The monoisotopic (exact) mass is 315 g/mol. The summed E-state index contributed by atoms with van der Waals surface area (Å²) < 4.78 is 52.6. The van der Waals surface area contributed by atoms with Crippen molar-refractivity contribution in [3.8, 4) is 0 Å². The van der Waals surface area contributed by atoms with Gasteiger partial charge in [0.05, 0.1) is 6.61 Å². The van der Waals surface area contributed by atoms with Gasteiger partial charge in [0.15, 0.2) is 0 Å². The summed E-state index contributed by atoms with van der Waals surface area (Å²) in [6.45, 7) is -0.629. The highest BCUT2D eigenvalue weighted by Crippen LogP contribution is 2.38. The van der Waals surface area contributed by atoms with E-state index in [2.05, 4.69) is 10.2 Å². The minimum absolute atomic E-state index is 0.0172. The van der Waals surface area contributed by atoms with Crippen LogP contribution >= 0.6 is 10.7 Å². The highest BCUT2D eigenvalue weighted by atomic mass is 35.7. The molecule has 1 heterocycles. The molecule has 1 aromatic heterocycles. The highest BCUT2D eigenvalue weighted by molar-refractivity contribution is 8.13. The van der Waals surface area contributed by atoms with Crippen molar-refractivity contribution in [2.24, 2.45) is 0 Å². The number of hydrogen-bond donors (Lipinski definition) is 0. The third-order valence-corrected chi connectivity index (χ3v) is 3.71. The van der Waals surface area contributed by atoms with Crippen molar-refractivity contribution in [1.82, 2.24) is 14.8 Å². The summed E-state index contributed by atoms with van der Waals surface area (Å²) in [5.41, 5.74) is 0. The quantitative estimate of drug-likeness (QED) is 0.561. The first kappa shape index (κ1) is 14.6. The zero-order chi connectivity index (χ0) is 14.0. The summed E-state index contributed by atoms with van der Waals surface area (Å²) in [5.74, 6) is 0.385. The number of alkyl halides is 2. The topological polar surface area (TPSA) is 74.1 Å². The predicted octanol–water partition coefficient (Wildman–Crippen LogP) is 1.36. The van der Waals surface area contributed by atoms with Crippen LogP contribution in [0.15, 0.2) is 5.16 Å². The molecule has 0 radical (unpaired) electrons. The van der Waals surface area contributed by atoms with E-state index in [1.54, 1.807) is 0 Å². The van der Waals surface area contributed by atoms with Crippen molar-refractivity contribution >= 4 is 19.7 Å². The lowest BCUT2D eigenvalue weighted by molar-refractivity contribution is 0.0180. The SMILES string of the molecule is O=S(=O)(Cl)c1nnc(CCOCC(F)F)n1C1CC1. The van der Waals surface area contributed by atoms with Gasteiger partial charge in [0, 0.05) is 23.1 Å². The number of halogens is 3. The van der Waals surface area contributed by atoms with Crippen LogP contribution in [0, 0.1) is 0 Å². The third kappa shape index (κ3) is 3.83. The molecule has 108 valence electrons. The van der Waals surface area contributed by atoms with Gasteiger partial charge in [-0.05, 0) is 12.8 Å². The fraction of sp³-hybridized carbons (Fsp3) is 0.778. The van der Waals surface area contributed by atoms with Crippen LogP contribution in [0.2, 0.25) is 0 Å². The molecule has 10 heteroatoms. The molecule has 2 rings (SSSR count). The molecule has 1 aliphatic carbocycles. The second-order valence-corrected chi connectivity index (χ2v) is 6.61. The van der Waals surface area contributed by atoms with E-state index in [4.69, 9.17) is 15.4 Å². The van der Waals surface area contributed by atoms with Crippen LogP contribution in [0.5, 0.6) is 0 Å². The lowest BCUT2D eigenvalue weighted by Crippen LogP contribution is -2.12. The van der Waals surface area contributed by atoms with Gasteiger partial charge in [-0.3, -0.25) is 4.57 Å². The zero-order valence-electron chi connectivity index (χ0n) is 9.80. The molecule has 0 unspecified atom stereocenters. The molecule has 1 fully saturated rings. The highest BCUT2D eigenvalue weighted by Gasteiger charge is 2.33. The molecule has 0 aromatic carbocycles. The smallest absolute Gasteiger partial charge is 0.296 e. The Balaban J connectivity index is 2.07. The molecule has 0 aliphatic heterocycles. The summed E-state index contributed by atoms with van der Waals surface area (Å²) in [7, 11) is 1.31. The Hall–Kier alpha value is -0.800. The Labute approximate surface area is 113 Å². The number of ether oxygens (including phenoxy) is 1. The van der Waals surface area contributed by atoms with E-state index in [0.29, 0.717) is 5.82 Å². The summed E-state index contributed by atoms with van der Waals surface area (Å²) >= 11 is 0. The van der Waals surface area contributed by atoms with Gasteiger partial charge in [-0.25, -0.2) is 17.2 Å². The fourth-order valence-electron chi connectivity index (χ4n) is 1.68. The second-order valence-electron chi connectivity index (χ2n) is 4.15. The van der Waals surface area contributed by atoms with E-state index >= 15 is 0 Å². The number of aromatic nitrogens is 3. The average molecular weight is 316 g/mol. The first-order valence-corrected chi connectivity index (χ1v) is 7.95. The Morgan fingerprint density at radius 2 is 2.11 bits per heavy atom. The van der Waals surface area contributed by atoms with Crippen molar-refractivity contribution in [2.75, 3.05) is 13.2 Å². The lowest BCUT2D eigenvalue weighted by atomic mass is 10.4. The summed E-state index contributed by atoms with van der Waals surface area (Å²) in [6.07, 6.45) is -0.673. The number of nitrogens with zero attached hydrogens (tertiary/aromatic N) is 3. The van der Waals surface area contributed by atoms with Crippen molar-refractivity contribution < 1.29 is 21.9 Å². The maximum atomic E-state index is 11.9. The molecule has 0 saturated heterocycles. The van der Waals surface area contributed by atoms with Gasteiger partial charge in [-0.2, -0.15) is 0 Å². The second kappa shape index (κ2) is 5.68. The minimum Gasteiger partial charge on any atom is -0.375 e. The normalized spacial score (nSPS) is 16.2. The summed E-state index contributed by atoms with van der Waals surface area (Å²) in [4.78, 5) is 0. The number of hydrogen-bond acceptors (Lipinski definition) is 5. The van der Waals surface area contributed by atoms with Crippen LogP contribution in [0.4, 0.5) is 8.78 Å². The van der Waals surface area contributed by atoms with Gasteiger partial charge < -0.3 is 4.74 Å². The van der Waals surface area contributed by atoms with Crippen molar-refractivity contribution in [3.63, 3.8) is 0 Å². The van der Waals surface area contributed by atoms with Crippen molar-refractivity contribution in [1.29, 1.82) is 0 Å². The van der Waals surface area contributed by atoms with E-state index in [1.165, 1.54) is 4.57 Å². The van der Waals surface area contributed by atoms with E-state index in [9.17, 15) is 17.2 Å². The minimum atomic E-state index is -3.96. The summed E-state index contributed by atoms with van der Waals surface area (Å²) in [5, 5.41) is 7.00. The molecule has 19 heavy (non-hydrogen) atoms. The van der Waals surface area contributed by atoms with Crippen molar-refractivity contribution in [3.05, 3.63) is 5.82 Å². The van der Waals surface area contributed by atoms with Gasteiger partial charge in [-0.15, -0.1) is 10.2 Å². The van der Waals surface area contributed by atoms with Gasteiger partial charge in [0.25, 0.3) is 20.6 Å². The largest absolute Gasteiger partial charge is 0.375 e. The van der Waals surface area contributed by atoms with Crippen LogP contribution in [-0.4, -0.2) is 42.8 Å². The third-order valence-electron chi connectivity index (χ3n) is 2.58. The molecule has 1 aliphatic rings. The van der Waals surface area contributed by atoms with E-state index in [-0.39, 0.29) is 24.2 Å². The molecule has 0 bridgehead atoms. The average Bonchev–Trinajstić information content (AvgIpc) is 3.03. The van der Waals surface area contributed by atoms with Gasteiger partial charge >= 0.3 is 0 Å². The summed E-state index contributed by atoms with van der Waals surface area (Å²) in [6, 6.07) is 0.0172. The first-order valence-electron chi connectivity index (χ1n) is 5.64. The maximum Gasteiger partial charge on any atom is 0.296 e. The van der Waals surface area contributed by atoms with E-state index in [1.807, 2.05) is 0 Å². The molecule has 1 saturated carbocycles. The molecular weight excluding hydrogens is 304 g/mol. The van der Waals surface area contributed by atoms with Gasteiger partial charge in [-0.1, -0.05) is 0 Å². The molecule has 6 nitrogen and oxygen atoms in total. The zero-order valence-corrected chi connectivity index (χ0v) is 11.4. The molecule has 0 N–H and O–H groups in total. The molecule has 0 spiro atoms. The Bertz CT molecular complexity index is 545. The van der Waals surface area contributed by atoms with Gasteiger partial charge in [0.2, 0.25) is 0 Å². The first-order chi connectivity index (χ1) is 8.89. The number of rotatable bonds is 7. The predicted molar refractivity (Wildman–Crippen MR) is 61.9 cm³/mol.